The number of ether oxygens (including phenoxy) is 3. The smallest absolute Gasteiger partial charge is 0.251 e. The van der Waals surface area contributed by atoms with E-state index in [0.717, 1.165) is 37.9 Å². The molecule has 1 saturated heterocycles. The molecular formula is C24H30N2O4. The molecule has 6 nitrogen and oxygen atoms in total. The highest BCUT2D eigenvalue weighted by Gasteiger charge is 2.22. The molecule has 1 N–H and O–H groups in total. The Morgan fingerprint density at radius 2 is 1.97 bits per heavy atom. The first kappa shape index (κ1) is 20.7. The number of piperidine rings is 1. The Kier molecular flexibility index (Phi) is 6.55. The van der Waals surface area contributed by atoms with Crippen LogP contribution in [0.2, 0.25) is 0 Å². The molecule has 1 amide bonds. The van der Waals surface area contributed by atoms with E-state index in [0.29, 0.717) is 30.2 Å². The summed E-state index contributed by atoms with van der Waals surface area (Å²) < 4.78 is 17.5. The third-order valence-corrected chi connectivity index (χ3v) is 5.93. The van der Waals surface area contributed by atoms with E-state index in [2.05, 4.69) is 29.4 Å². The fourth-order valence-corrected chi connectivity index (χ4v) is 4.12. The predicted octanol–water partition coefficient (Wildman–Crippen LogP) is 3.21. The van der Waals surface area contributed by atoms with E-state index in [1.54, 1.807) is 19.2 Å². The van der Waals surface area contributed by atoms with Crippen molar-refractivity contribution in [3.05, 3.63) is 59.2 Å². The summed E-state index contributed by atoms with van der Waals surface area (Å²) in [4.78, 5) is 15.0. The molecule has 160 valence electrons. The van der Waals surface area contributed by atoms with Crippen LogP contribution in [0.15, 0.2) is 42.5 Å². The molecular weight excluding hydrogens is 380 g/mol. The van der Waals surface area contributed by atoms with Crippen LogP contribution in [0.25, 0.3) is 0 Å². The van der Waals surface area contributed by atoms with Gasteiger partial charge in [-0.2, -0.15) is 0 Å². The van der Waals surface area contributed by atoms with E-state index in [-0.39, 0.29) is 18.1 Å². The molecule has 0 saturated carbocycles. The van der Waals surface area contributed by atoms with E-state index >= 15 is 0 Å². The fraction of sp³-hybridized carbons (Fsp3) is 0.458. The second-order valence-electron chi connectivity index (χ2n) is 8.00. The number of fused-ring (bicyclic) bond motifs is 1. The maximum absolute atomic E-state index is 12.7. The number of nitrogens with one attached hydrogen (secondary N) is 1. The third kappa shape index (κ3) is 4.77. The van der Waals surface area contributed by atoms with Crippen LogP contribution in [0.4, 0.5) is 0 Å². The molecule has 6 heteroatoms. The molecule has 4 rings (SSSR count). The summed E-state index contributed by atoms with van der Waals surface area (Å²) in [6.07, 6.45) is 2.96. The number of amides is 1. The number of likely N-dealkylation sites (tertiary alicyclic amines) is 1. The molecule has 2 aromatic carbocycles. The lowest BCUT2D eigenvalue weighted by molar-refractivity contribution is 0.0411. The first-order valence-electron chi connectivity index (χ1n) is 10.6. The van der Waals surface area contributed by atoms with Gasteiger partial charge in [-0.1, -0.05) is 24.3 Å². The Bertz CT molecular complexity index is 877. The molecule has 1 fully saturated rings. The van der Waals surface area contributed by atoms with Gasteiger partial charge in [-0.05, 0) is 55.6 Å². The second kappa shape index (κ2) is 9.49. The number of carbonyl (C=O) groups excluding carboxylic acids is 1. The molecule has 2 aliphatic heterocycles. The number of hydrogen-bond acceptors (Lipinski definition) is 5. The van der Waals surface area contributed by atoms with Crippen LogP contribution in [0.3, 0.4) is 0 Å². The van der Waals surface area contributed by atoms with Gasteiger partial charge in [0.05, 0.1) is 13.7 Å². The summed E-state index contributed by atoms with van der Waals surface area (Å²) in [5, 5.41) is 3.00. The maximum atomic E-state index is 12.7. The van der Waals surface area contributed by atoms with Crippen molar-refractivity contribution >= 4 is 5.91 Å². The minimum Gasteiger partial charge on any atom is -0.493 e. The molecule has 0 spiro atoms. The Morgan fingerprint density at radius 1 is 1.17 bits per heavy atom. The standard InChI is InChI=1S/C24H30N2O4/c1-26-12-9-19(10-13-26)30-21-8-7-18(15-22(21)28-2)24(27)25-16-23-20-6-4-3-5-17(20)11-14-29-23/h3-8,15,19,23H,9-14,16H2,1-2H3,(H,25,27). The summed E-state index contributed by atoms with van der Waals surface area (Å²) in [6.45, 7) is 3.17. The third-order valence-electron chi connectivity index (χ3n) is 5.93. The zero-order valence-corrected chi connectivity index (χ0v) is 17.7. The molecule has 2 heterocycles. The van der Waals surface area contributed by atoms with Crippen LogP contribution in [-0.2, 0) is 11.2 Å². The first-order valence-corrected chi connectivity index (χ1v) is 10.6. The molecule has 1 unspecified atom stereocenters. The lowest BCUT2D eigenvalue weighted by Crippen LogP contribution is -2.35. The van der Waals surface area contributed by atoms with E-state index in [1.807, 2.05) is 18.2 Å². The van der Waals surface area contributed by atoms with Crippen molar-refractivity contribution in [3.8, 4) is 11.5 Å². The van der Waals surface area contributed by atoms with Crippen LogP contribution in [-0.4, -0.2) is 57.3 Å². The van der Waals surface area contributed by atoms with Gasteiger partial charge in [0.25, 0.3) is 5.91 Å². The van der Waals surface area contributed by atoms with Gasteiger partial charge < -0.3 is 24.4 Å². The largest absolute Gasteiger partial charge is 0.493 e. The van der Waals surface area contributed by atoms with Gasteiger partial charge in [0, 0.05) is 25.2 Å². The van der Waals surface area contributed by atoms with Crippen molar-refractivity contribution in [3.63, 3.8) is 0 Å². The topological polar surface area (TPSA) is 60.0 Å². The van der Waals surface area contributed by atoms with Crippen molar-refractivity contribution < 1.29 is 19.0 Å². The highest BCUT2D eigenvalue weighted by Crippen LogP contribution is 2.31. The number of hydrogen-bond donors (Lipinski definition) is 1. The lowest BCUT2D eigenvalue weighted by atomic mass is 9.97. The summed E-state index contributed by atoms with van der Waals surface area (Å²) in [7, 11) is 3.73. The van der Waals surface area contributed by atoms with Crippen molar-refractivity contribution in [2.24, 2.45) is 0 Å². The minimum atomic E-state index is -0.147. The lowest BCUT2D eigenvalue weighted by Gasteiger charge is -2.29. The first-order chi connectivity index (χ1) is 14.6. The Morgan fingerprint density at radius 3 is 2.77 bits per heavy atom. The zero-order valence-electron chi connectivity index (χ0n) is 17.7. The van der Waals surface area contributed by atoms with Crippen molar-refractivity contribution in [1.82, 2.24) is 10.2 Å². The van der Waals surface area contributed by atoms with Gasteiger partial charge >= 0.3 is 0 Å². The highest BCUT2D eigenvalue weighted by molar-refractivity contribution is 5.94. The summed E-state index contributed by atoms with van der Waals surface area (Å²) in [5.41, 5.74) is 3.00. The second-order valence-corrected chi connectivity index (χ2v) is 8.00. The fourth-order valence-electron chi connectivity index (χ4n) is 4.12. The van der Waals surface area contributed by atoms with Crippen LogP contribution in [0.1, 0.15) is 40.4 Å². The summed E-state index contributed by atoms with van der Waals surface area (Å²) in [6, 6.07) is 13.6. The maximum Gasteiger partial charge on any atom is 0.251 e. The number of rotatable bonds is 6. The monoisotopic (exact) mass is 410 g/mol. The molecule has 0 aliphatic carbocycles. The van der Waals surface area contributed by atoms with E-state index in [1.165, 1.54) is 5.56 Å². The molecule has 2 aromatic rings. The van der Waals surface area contributed by atoms with Gasteiger partial charge in [0.1, 0.15) is 12.2 Å². The molecule has 30 heavy (non-hydrogen) atoms. The minimum absolute atomic E-state index is 0.118. The predicted molar refractivity (Wildman–Crippen MR) is 115 cm³/mol. The average molecular weight is 411 g/mol. The number of nitrogens with zero attached hydrogens (tertiary/aromatic N) is 1. The van der Waals surface area contributed by atoms with Gasteiger partial charge in [-0.25, -0.2) is 0 Å². The van der Waals surface area contributed by atoms with Crippen molar-refractivity contribution in [2.45, 2.75) is 31.5 Å². The van der Waals surface area contributed by atoms with E-state index < -0.39 is 0 Å². The zero-order chi connectivity index (χ0) is 20.9. The Balaban J connectivity index is 1.38. The summed E-state index contributed by atoms with van der Waals surface area (Å²) in [5.74, 6) is 1.12. The van der Waals surface area contributed by atoms with Crippen LogP contribution in [0.5, 0.6) is 11.5 Å². The van der Waals surface area contributed by atoms with Crippen LogP contribution < -0.4 is 14.8 Å². The molecule has 0 bridgehead atoms. The van der Waals surface area contributed by atoms with Gasteiger partial charge in [-0.3, -0.25) is 4.79 Å². The number of benzene rings is 2. The quantitative estimate of drug-likeness (QED) is 0.793. The normalized spacial score (nSPS) is 19.7. The Labute approximate surface area is 178 Å². The molecule has 2 aliphatic rings. The van der Waals surface area contributed by atoms with E-state index in [4.69, 9.17) is 14.2 Å². The SMILES string of the molecule is COc1cc(C(=O)NCC2OCCc3ccccc32)ccc1OC1CCN(C)CC1. The van der Waals surface area contributed by atoms with E-state index in [9.17, 15) is 4.79 Å². The van der Waals surface area contributed by atoms with Gasteiger partial charge in [-0.15, -0.1) is 0 Å². The molecule has 0 aromatic heterocycles. The van der Waals surface area contributed by atoms with Crippen molar-refractivity contribution in [1.29, 1.82) is 0 Å². The molecule has 1 atom stereocenters. The average Bonchev–Trinajstić information content (AvgIpc) is 2.79. The summed E-state index contributed by atoms with van der Waals surface area (Å²) >= 11 is 0. The van der Waals surface area contributed by atoms with Crippen LogP contribution in [0, 0.1) is 0 Å². The van der Waals surface area contributed by atoms with Gasteiger partial charge in [0.15, 0.2) is 11.5 Å². The van der Waals surface area contributed by atoms with Crippen molar-refractivity contribution in [2.75, 3.05) is 40.4 Å². The van der Waals surface area contributed by atoms with Crippen LogP contribution >= 0.6 is 0 Å². The van der Waals surface area contributed by atoms with Gasteiger partial charge in [0.2, 0.25) is 0 Å². The number of carbonyl (C=O) groups is 1. The number of methoxy groups -OCH3 is 1. The highest BCUT2D eigenvalue weighted by atomic mass is 16.5. The Hall–Kier alpha value is -2.57. The molecule has 0 radical (unpaired) electrons.